The van der Waals surface area contributed by atoms with Gasteiger partial charge in [-0.15, -0.1) is 0 Å². The van der Waals surface area contributed by atoms with Gasteiger partial charge in [-0.25, -0.2) is 4.39 Å². The van der Waals surface area contributed by atoms with Gasteiger partial charge in [0.25, 0.3) is 0 Å². The van der Waals surface area contributed by atoms with Gasteiger partial charge < -0.3 is 0 Å². The van der Waals surface area contributed by atoms with E-state index in [1.165, 1.54) is 17.7 Å². The van der Waals surface area contributed by atoms with E-state index in [0.717, 1.165) is 30.4 Å². The number of benzene rings is 2. The molecule has 0 atom stereocenters. The van der Waals surface area contributed by atoms with E-state index in [1.807, 2.05) is 12.1 Å². The molecule has 0 bridgehead atoms. The normalized spacial score (nSPS) is 11.9. The van der Waals surface area contributed by atoms with Crippen molar-refractivity contribution in [2.45, 2.75) is 26.2 Å². The highest BCUT2D eigenvalue weighted by Crippen LogP contribution is 2.06. The maximum Gasteiger partial charge on any atom is 0.123 e. The third-order valence-electron chi connectivity index (χ3n) is 3.33. The summed E-state index contributed by atoms with van der Waals surface area (Å²) in [7, 11) is 0. The summed E-state index contributed by atoms with van der Waals surface area (Å²) >= 11 is 0. The molecule has 0 amide bonds. The van der Waals surface area contributed by atoms with Crippen LogP contribution in [0.3, 0.4) is 0 Å². The lowest BCUT2D eigenvalue weighted by Crippen LogP contribution is -1.86. The molecule has 0 aliphatic carbocycles. The van der Waals surface area contributed by atoms with E-state index in [1.54, 1.807) is 24.6 Å². The van der Waals surface area contributed by atoms with E-state index in [0.29, 0.717) is 0 Å². The summed E-state index contributed by atoms with van der Waals surface area (Å²) in [6, 6.07) is 14.4. The molecule has 0 heterocycles. The molecule has 0 aliphatic rings. The number of aryl methyl sites for hydroxylation is 1. The highest BCUT2D eigenvalue weighted by atomic mass is 19.1. The molecule has 0 aliphatic heterocycles. The second-order valence-electron chi connectivity index (χ2n) is 5.20. The lowest BCUT2D eigenvalue weighted by molar-refractivity contribution is 0.628. The van der Waals surface area contributed by atoms with Crippen molar-refractivity contribution in [1.29, 1.82) is 0 Å². The second kappa shape index (κ2) is 9.46. The first-order valence-corrected chi connectivity index (χ1v) is 7.84. The average molecular weight is 308 g/mol. The lowest BCUT2D eigenvalue weighted by Gasteiger charge is -1.99. The fourth-order valence-electron chi connectivity index (χ4n) is 2.05. The van der Waals surface area contributed by atoms with Crippen LogP contribution in [0.2, 0.25) is 0 Å². The summed E-state index contributed by atoms with van der Waals surface area (Å²) in [5, 5.41) is 7.99. The number of hydrogen-bond acceptors (Lipinski definition) is 2. The van der Waals surface area contributed by atoms with Crippen LogP contribution in [-0.4, -0.2) is 12.4 Å². The van der Waals surface area contributed by atoms with Crippen LogP contribution in [0.25, 0.3) is 0 Å². The third kappa shape index (κ3) is 6.39. The van der Waals surface area contributed by atoms with Crippen molar-refractivity contribution >= 4 is 12.4 Å². The minimum Gasteiger partial charge on any atom is -0.207 e. The molecule has 0 spiro atoms. The maximum atomic E-state index is 12.8. The molecular weight excluding hydrogens is 287 g/mol. The monoisotopic (exact) mass is 308 g/mol. The van der Waals surface area contributed by atoms with Crippen LogP contribution in [-0.2, 0) is 6.42 Å². The standard InChI is InChI=1S/C20H21FN2/c1-2-3-4-5-6-17-7-9-18(10-8-17)15-22-23-16-19-11-13-20(21)14-12-19/h3-4,7-16H,2,5-6H2,1H3. The van der Waals surface area contributed by atoms with Gasteiger partial charge in [0.2, 0.25) is 0 Å². The largest absolute Gasteiger partial charge is 0.207 e. The van der Waals surface area contributed by atoms with E-state index in [-0.39, 0.29) is 5.82 Å². The van der Waals surface area contributed by atoms with E-state index in [4.69, 9.17) is 0 Å². The number of rotatable bonds is 7. The lowest BCUT2D eigenvalue weighted by atomic mass is 10.1. The predicted molar refractivity (Wildman–Crippen MR) is 95.8 cm³/mol. The molecule has 0 fully saturated rings. The van der Waals surface area contributed by atoms with Gasteiger partial charge >= 0.3 is 0 Å². The molecule has 2 nitrogen and oxygen atoms in total. The number of allylic oxidation sites excluding steroid dienone is 2. The Kier molecular flexibility index (Phi) is 6.92. The Hall–Kier alpha value is -2.55. The SMILES string of the molecule is CCC=CCCc1ccc(C=NN=Cc2ccc(F)cc2)cc1. The van der Waals surface area contributed by atoms with E-state index < -0.39 is 0 Å². The smallest absolute Gasteiger partial charge is 0.123 e. The Balaban J connectivity index is 1.85. The van der Waals surface area contributed by atoms with Crippen molar-refractivity contribution in [3.8, 4) is 0 Å². The topological polar surface area (TPSA) is 24.7 Å². The summed E-state index contributed by atoms with van der Waals surface area (Å²) < 4.78 is 12.8. The predicted octanol–water partition coefficient (Wildman–Crippen LogP) is 5.18. The summed E-state index contributed by atoms with van der Waals surface area (Å²) in [4.78, 5) is 0. The molecule has 0 radical (unpaired) electrons. The second-order valence-corrected chi connectivity index (χ2v) is 5.20. The molecule has 118 valence electrons. The third-order valence-corrected chi connectivity index (χ3v) is 3.33. The number of halogens is 1. The first kappa shape index (κ1) is 16.8. The van der Waals surface area contributed by atoms with E-state index in [9.17, 15) is 4.39 Å². The highest BCUT2D eigenvalue weighted by Gasteiger charge is 1.92. The Labute approximate surface area is 137 Å². The minimum atomic E-state index is -0.254. The van der Waals surface area contributed by atoms with Gasteiger partial charge in [-0.1, -0.05) is 55.5 Å². The molecule has 0 aromatic heterocycles. The molecule has 2 aromatic carbocycles. The first-order chi connectivity index (χ1) is 11.3. The zero-order valence-electron chi connectivity index (χ0n) is 13.3. The van der Waals surface area contributed by atoms with E-state index >= 15 is 0 Å². The van der Waals surface area contributed by atoms with Crippen LogP contribution >= 0.6 is 0 Å². The van der Waals surface area contributed by atoms with Gasteiger partial charge in [-0.2, -0.15) is 10.2 Å². The molecule has 0 saturated heterocycles. The summed E-state index contributed by atoms with van der Waals surface area (Å²) in [5.41, 5.74) is 3.14. The van der Waals surface area contributed by atoms with Gasteiger partial charge in [0.15, 0.2) is 0 Å². The fourth-order valence-corrected chi connectivity index (χ4v) is 2.05. The molecule has 0 saturated carbocycles. The van der Waals surface area contributed by atoms with Crippen molar-refractivity contribution in [2.75, 3.05) is 0 Å². The summed E-state index contributed by atoms with van der Waals surface area (Å²) in [6.45, 7) is 2.14. The van der Waals surface area contributed by atoms with Gasteiger partial charge in [-0.05, 0) is 48.1 Å². The minimum absolute atomic E-state index is 0.254. The molecule has 23 heavy (non-hydrogen) atoms. The van der Waals surface area contributed by atoms with Crippen molar-refractivity contribution in [3.63, 3.8) is 0 Å². The zero-order valence-corrected chi connectivity index (χ0v) is 13.3. The number of nitrogens with zero attached hydrogens (tertiary/aromatic N) is 2. The Morgan fingerprint density at radius 3 is 1.96 bits per heavy atom. The maximum absolute atomic E-state index is 12.8. The summed E-state index contributed by atoms with van der Waals surface area (Å²) in [5.74, 6) is -0.254. The first-order valence-electron chi connectivity index (χ1n) is 7.84. The molecular formula is C20H21FN2. The van der Waals surface area contributed by atoms with Crippen LogP contribution in [0, 0.1) is 5.82 Å². The van der Waals surface area contributed by atoms with Gasteiger partial charge in [0.1, 0.15) is 5.82 Å². The van der Waals surface area contributed by atoms with Crippen LogP contribution in [0.5, 0.6) is 0 Å². The van der Waals surface area contributed by atoms with Crippen molar-refractivity contribution in [3.05, 3.63) is 83.2 Å². The van der Waals surface area contributed by atoms with Crippen LogP contribution < -0.4 is 0 Å². The van der Waals surface area contributed by atoms with Crippen LogP contribution in [0.4, 0.5) is 4.39 Å². The Morgan fingerprint density at radius 1 is 0.826 bits per heavy atom. The zero-order chi connectivity index (χ0) is 16.3. The molecule has 2 aromatic rings. The van der Waals surface area contributed by atoms with Gasteiger partial charge in [0.05, 0.1) is 12.4 Å². The van der Waals surface area contributed by atoms with Gasteiger partial charge in [0, 0.05) is 0 Å². The van der Waals surface area contributed by atoms with E-state index in [2.05, 4.69) is 41.4 Å². The van der Waals surface area contributed by atoms with Crippen molar-refractivity contribution in [1.82, 2.24) is 0 Å². The Morgan fingerprint density at radius 2 is 1.39 bits per heavy atom. The molecule has 2 rings (SSSR count). The van der Waals surface area contributed by atoms with Crippen molar-refractivity contribution in [2.24, 2.45) is 10.2 Å². The number of hydrogen-bond donors (Lipinski definition) is 0. The average Bonchev–Trinajstić information content (AvgIpc) is 2.58. The highest BCUT2D eigenvalue weighted by molar-refractivity contribution is 5.82. The van der Waals surface area contributed by atoms with Crippen molar-refractivity contribution < 1.29 is 4.39 Å². The molecule has 0 unspecified atom stereocenters. The van der Waals surface area contributed by atoms with Gasteiger partial charge in [-0.3, -0.25) is 0 Å². The van der Waals surface area contributed by atoms with Crippen LogP contribution in [0.1, 0.15) is 36.5 Å². The quantitative estimate of drug-likeness (QED) is 0.382. The fraction of sp³-hybridized carbons (Fsp3) is 0.200. The summed E-state index contributed by atoms with van der Waals surface area (Å²) in [6.07, 6.45) is 10.9. The van der Waals surface area contributed by atoms with Crippen LogP contribution in [0.15, 0.2) is 70.9 Å². The molecule has 0 N–H and O–H groups in total. The molecule has 3 heteroatoms. The Bertz CT molecular complexity index is 668.